The highest BCUT2D eigenvalue weighted by Crippen LogP contribution is 2.30. The Kier molecular flexibility index (Phi) is 5.95. The van der Waals surface area contributed by atoms with Crippen molar-refractivity contribution in [2.45, 2.75) is 13.0 Å². The van der Waals surface area contributed by atoms with E-state index in [2.05, 4.69) is 37.3 Å². The standard InChI is InChI=1S/C14H24N2O2/c1-6-15-12(10-16(2)3)11-7-8-13(17-4)14(9-11)18-5/h7-9,12,15H,6,10H2,1-5H3. The monoisotopic (exact) mass is 252 g/mol. The van der Waals surface area contributed by atoms with E-state index in [0.717, 1.165) is 24.6 Å². The summed E-state index contributed by atoms with van der Waals surface area (Å²) in [5.74, 6) is 1.54. The number of benzene rings is 1. The molecule has 1 N–H and O–H groups in total. The average Bonchev–Trinajstić information content (AvgIpc) is 2.37. The van der Waals surface area contributed by atoms with Gasteiger partial charge in [-0.25, -0.2) is 0 Å². The van der Waals surface area contributed by atoms with Crippen molar-refractivity contribution in [3.63, 3.8) is 0 Å². The van der Waals surface area contributed by atoms with Gasteiger partial charge in [0.25, 0.3) is 0 Å². The molecule has 0 aliphatic carbocycles. The Balaban J connectivity index is 2.97. The number of methoxy groups -OCH3 is 2. The minimum Gasteiger partial charge on any atom is -0.493 e. The van der Waals surface area contributed by atoms with Gasteiger partial charge >= 0.3 is 0 Å². The zero-order chi connectivity index (χ0) is 13.5. The van der Waals surface area contributed by atoms with E-state index in [1.54, 1.807) is 14.2 Å². The quantitative estimate of drug-likeness (QED) is 0.804. The summed E-state index contributed by atoms with van der Waals surface area (Å²) in [6.07, 6.45) is 0. The Labute approximate surface area is 110 Å². The fourth-order valence-corrected chi connectivity index (χ4v) is 1.97. The first-order valence-corrected chi connectivity index (χ1v) is 6.22. The number of ether oxygens (including phenoxy) is 2. The molecule has 1 unspecified atom stereocenters. The molecule has 0 aliphatic heterocycles. The van der Waals surface area contributed by atoms with E-state index in [4.69, 9.17) is 9.47 Å². The second-order valence-electron chi connectivity index (χ2n) is 4.49. The highest BCUT2D eigenvalue weighted by atomic mass is 16.5. The lowest BCUT2D eigenvalue weighted by Gasteiger charge is -2.23. The van der Waals surface area contributed by atoms with Crippen molar-refractivity contribution in [2.75, 3.05) is 41.4 Å². The van der Waals surface area contributed by atoms with Crippen LogP contribution < -0.4 is 14.8 Å². The van der Waals surface area contributed by atoms with E-state index in [1.807, 2.05) is 12.1 Å². The normalized spacial score (nSPS) is 12.6. The third kappa shape index (κ3) is 3.89. The summed E-state index contributed by atoms with van der Waals surface area (Å²) in [5.41, 5.74) is 1.21. The number of hydrogen-bond donors (Lipinski definition) is 1. The molecular weight excluding hydrogens is 228 g/mol. The van der Waals surface area contributed by atoms with Crippen molar-refractivity contribution < 1.29 is 9.47 Å². The van der Waals surface area contributed by atoms with E-state index in [-0.39, 0.29) is 0 Å². The second-order valence-corrected chi connectivity index (χ2v) is 4.49. The molecule has 0 radical (unpaired) electrons. The van der Waals surface area contributed by atoms with Crippen LogP contribution in [-0.4, -0.2) is 46.3 Å². The van der Waals surface area contributed by atoms with Crippen LogP contribution >= 0.6 is 0 Å². The molecule has 0 aromatic heterocycles. The zero-order valence-electron chi connectivity index (χ0n) is 12.0. The van der Waals surface area contributed by atoms with Crippen LogP contribution in [0, 0.1) is 0 Å². The van der Waals surface area contributed by atoms with Gasteiger partial charge in [-0.05, 0) is 38.3 Å². The molecule has 102 valence electrons. The van der Waals surface area contributed by atoms with Crippen molar-refractivity contribution in [2.24, 2.45) is 0 Å². The Hall–Kier alpha value is -1.26. The third-order valence-corrected chi connectivity index (χ3v) is 2.81. The first kappa shape index (κ1) is 14.8. The second kappa shape index (κ2) is 7.24. The first-order valence-electron chi connectivity index (χ1n) is 6.22. The van der Waals surface area contributed by atoms with Crippen LogP contribution in [0.25, 0.3) is 0 Å². The third-order valence-electron chi connectivity index (χ3n) is 2.81. The summed E-state index contributed by atoms with van der Waals surface area (Å²) in [6, 6.07) is 6.37. The summed E-state index contributed by atoms with van der Waals surface area (Å²) in [5, 5.41) is 3.48. The lowest BCUT2D eigenvalue weighted by molar-refractivity contribution is 0.339. The van der Waals surface area contributed by atoms with Gasteiger partial charge in [0.05, 0.1) is 14.2 Å². The van der Waals surface area contributed by atoms with Crippen LogP contribution in [0.1, 0.15) is 18.5 Å². The molecule has 0 amide bonds. The summed E-state index contributed by atoms with van der Waals surface area (Å²) in [7, 11) is 7.46. The van der Waals surface area contributed by atoms with Crippen molar-refractivity contribution in [1.82, 2.24) is 10.2 Å². The maximum Gasteiger partial charge on any atom is 0.161 e. The molecule has 0 spiro atoms. The van der Waals surface area contributed by atoms with Crippen LogP contribution in [0.4, 0.5) is 0 Å². The lowest BCUT2D eigenvalue weighted by Crippen LogP contribution is -2.31. The maximum atomic E-state index is 5.34. The van der Waals surface area contributed by atoms with E-state index in [9.17, 15) is 0 Å². The SMILES string of the molecule is CCNC(CN(C)C)c1ccc(OC)c(OC)c1. The summed E-state index contributed by atoms with van der Waals surface area (Å²) >= 11 is 0. The maximum absolute atomic E-state index is 5.34. The first-order chi connectivity index (χ1) is 8.62. The van der Waals surface area contributed by atoms with Crippen molar-refractivity contribution in [1.29, 1.82) is 0 Å². The predicted octanol–water partition coefficient (Wildman–Crippen LogP) is 1.92. The molecule has 18 heavy (non-hydrogen) atoms. The number of hydrogen-bond acceptors (Lipinski definition) is 4. The summed E-state index contributed by atoms with van der Waals surface area (Å²) in [6.45, 7) is 4.00. The number of nitrogens with one attached hydrogen (secondary N) is 1. The fourth-order valence-electron chi connectivity index (χ4n) is 1.97. The molecule has 0 fully saturated rings. The zero-order valence-corrected chi connectivity index (χ0v) is 12.0. The molecule has 1 rings (SSSR count). The van der Waals surface area contributed by atoms with Crippen LogP contribution in [0.2, 0.25) is 0 Å². The van der Waals surface area contributed by atoms with Gasteiger partial charge in [0.1, 0.15) is 0 Å². The van der Waals surface area contributed by atoms with Gasteiger partial charge < -0.3 is 19.7 Å². The molecule has 1 aromatic carbocycles. The van der Waals surface area contributed by atoms with E-state index < -0.39 is 0 Å². The van der Waals surface area contributed by atoms with Crippen molar-refractivity contribution >= 4 is 0 Å². The molecule has 0 aliphatic rings. The molecule has 1 aromatic rings. The minimum atomic E-state index is 0.296. The van der Waals surface area contributed by atoms with Crippen molar-refractivity contribution in [3.8, 4) is 11.5 Å². The Bertz CT molecular complexity index is 367. The molecular formula is C14H24N2O2. The highest BCUT2D eigenvalue weighted by molar-refractivity contribution is 5.43. The number of rotatable bonds is 7. The van der Waals surface area contributed by atoms with Gasteiger partial charge in [0, 0.05) is 12.6 Å². The van der Waals surface area contributed by atoms with Gasteiger partial charge in [-0.15, -0.1) is 0 Å². The average molecular weight is 252 g/mol. The molecule has 0 bridgehead atoms. The molecule has 0 saturated heterocycles. The number of nitrogens with zero attached hydrogens (tertiary/aromatic N) is 1. The highest BCUT2D eigenvalue weighted by Gasteiger charge is 2.14. The van der Waals surface area contributed by atoms with Gasteiger partial charge in [-0.1, -0.05) is 13.0 Å². The van der Waals surface area contributed by atoms with Crippen LogP contribution in [0.5, 0.6) is 11.5 Å². The van der Waals surface area contributed by atoms with Gasteiger partial charge in [-0.3, -0.25) is 0 Å². The molecule has 4 heteroatoms. The minimum absolute atomic E-state index is 0.296. The van der Waals surface area contributed by atoms with E-state index in [0.29, 0.717) is 6.04 Å². The van der Waals surface area contributed by atoms with E-state index >= 15 is 0 Å². The molecule has 0 saturated carbocycles. The van der Waals surface area contributed by atoms with Crippen molar-refractivity contribution in [3.05, 3.63) is 23.8 Å². The summed E-state index contributed by atoms with van der Waals surface area (Å²) in [4.78, 5) is 2.17. The topological polar surface area (TPSA) is 33.7 Å². The lowest BCUT2D eigenvalue weighted by atomic mass is 10.1. The molecule has 4 nitrogen and oxygen atoms in total. The van der Waals surface area contributed by atoms with Gasteiger partial charge in [0.15, 0.2) is 11.5 Å². The Morgan fingerprint density at radius 3 is 2.33 bits per heavy atom. The van der Waals surface area contributed by atoms with E-state index in [1.165, 1.54) is 5.56 Å². The molecule has 1 atom stereocenters. The van der Waals surface area contributed by atoms with Crippen LogP contribution in [-0.2, 0) is 0 Å². The van der Waals surface area contributed by atoms with Gasteiger partial charge in [-0.2, -0.15) is 0 Å². The van der Waals surface area contributed by atoms with Crippen LogP contribution in [0.15, 0.2) is 18.2 Å². The fraction of sp³-hybridized carbons (Fsp3) is 0.571. The van der Waals surface area contributed by atoms with Crippen LogP contribution in [0.3, 0.4) is 0 Å². The Morgan fingerprint density at radius 2 is 1.83 bits per heavy atom. The van der Waals surface area contributed by atoms with Gasteiger partial charge in [0.2, 0.25) is 0 Å². The largest absolute Gasteiger partial charge is 0.493 e. The summed E-state index contributed by atoms with van der Waals surface area (Å²) < 4.78 is 10.6. The Morgan fingerprint density at radius 1 is 1.17 bits per heavy atom. The molecule has 0 heterocycles. The number of likely N-dealkylation sites (N-methyl/N-ethyl adjacent to an activating group) is 2. The predicted molar refractivity (Wildman–Crippen MR) is 74.5 cm³/mol. The smallest absolute Gasteiger partial charge is 0.161 e.